The summed E-state index contributed by atoms with van der Waals surface area (Å²) in [5.41, 5.74) is 7.65. The molecule has 0 aliphatic heterocycles. The van der Waals surface area contributed by atoms with Crippen molar-refractivity contribution in [3.05, 3.63) is 51.7 Å². The average Bonchev–Trinajstić information content (AvgIpc) is 2.45. The molecule has 0 aliphatic rings. The van der Waals surface area contributed by atoms with Crippen LogP contribution in [0, 0.1) is 12.7 Å². The number of carbonyl (C=O) groups is 1. The highest BCUT2D eigenvalue weighted by Gasteiger charge is 2.15. The molecule has 0 saturated carbocycles. The number of hydrogen-bond donors (Lipinski definition) is 2. The maximum Gasteiger partial charge on any atom is 0.340 e. The van der Waals surface area contributed by atoms with Gasteiger partial charge in [-0.05, 0) is 42.8 Å². The smallest absolute Gasteiger partial charge is 0.340 e. The number of nitrogens with one attached hydrogen (secondary N) is 1. The summed E-state index contributed by atoms with van der Waals surface area (Å²) >= 11 is 3.40. The number of nitrogen functional groups attached to an aromatic ring is 1. The second kappa shape index (κ2) is 6.13. The van der Waals surface area contributed by atoms with Gasteiger partial charge in [0, 0.05) is 15.8 Å². The molecule has 2 aromatic rings. The molecule has 0 amide bonds. The van der Waals surface area contributed by atoms with Crippen LogP contribution in [0.25, 0.3) is 0 Å². The molecule has 6 heteroatoms. The van der Waals surface area contributed by atoms with Crippen LogP contribution in [-0.2, 0) is 4.74 Å². The molecule has 0 aromatic heterocycles. The van der Waals surface area contributed by atoms with Gasteiger partial charge in [0.05, 0.1) is 18.4 Å². The van der Waals surface area contributed by atoms with Crippen LogP contribution in [0.2, 0.25) is 0 Å². The minimum Gasteiger partial charge on any atom is -0.465 e. The molecule has 0 radical (unpaired) electrons. The summed E-state index contributed by atoms with van der Waals surface area (Å²) in [7, 11) is 1.25. The van der Waals surface area contributed by atoms with E-state index in [1.54, 1.807) is 6.07 Å². The van der Waals surface area contributed by atoms with Crippen molar-refractivity contribution in [2.24, 2.45) is 0 Å². The van der Waals surface area contributed by atoms with Crippen LogP contribution in [0.1, 0.15) is 15.9 Å². The molecule has 0 saturated heterocycles. The van der Waals surface area contributed by atoms with Crippen molar-refractivity contribution >= 4 is 39.0 Å². The van der Waals surface area contributed by atoms with E-state index in [4.69, 9.17) is 5.73 Å². The molecule has 2 aromatic carbocycles. The largest absolute Gasteiger partial charge is 0.465 e. The Kier molecular flexibility index (Phi) is 4.47. The van der Waals surface area contributed by atoms with Crippen molar-refractivity contribution < 1.29 is 13.9 Å². The molecule has 4 nitrogen and oxygen atoms in total. The first-order valence-electron chi connectivity index (χ1n) is 6.13. The van der Waals surface area contributed by atoms with Gasteiger partial charge in [-0.2, -0.15) is 0 Å². The van der Waals surface area contributed by atoms with Gasteiger partial charge < -0.3 is 15.8 Å². The first kappa shape index (κ1) is 15.3. The van der Waals surface area contributed by atoms with Gasteiger partial charge in [0.2, 0.25) is 0 Å². The molecule has 0 fully saturated rings. The van der Waals surface area contributed by atoms with E-state index in [-0.39, 0.29) is 16.9 Å². The summed E-state index contributed by atoms with van der Waals surface area (Å²) in [4.78, 5) is 11.6. The molecular weight excluding hydrogens is 339 g/mol. The molecule has 0 spiro atoms. The maximum atomic E-state index is 14.0. The predicted molar refractivity (Wildman–Crippen MR) is 84.3 cm³/mol. The fraction of sp³-hybridized carbons (Fsp3) is 0.133. The third-order valence-corrected chi connectivity index (χ3v) is 3.87. The highest BCUT2D eigenvalue weighted by molar-refractivity contribution is 9.10. The Morgan fingerprint density at radius 3 is 2.67 bits per heavy atom. The standard InChI is InChI=1S/C15H14BrFN2O2/c1-8-5-9(3-4-11(8)16)19-14-6-10(15(20)21-2)13(18)7-12(14)17/h3-7,19H,18H2,1-2H3. The van der Waals surface area contributed by atoms with Gasteiger partial charge in [-0.1, -0.05) is 15.9 Å². The number of carbonyl (C=O) groups excluding carboxylic acids is 1. The molecule has 2 rings (SSSR count). The van der Waals surface area contributed by atoms with Gasteiger partial charge in [-0.15, -0.1) is 0 Å². The van der Waals surface area contributed by atoms with Crippen LogP contribution in [0.4, 0.5) is 21.5 Å². The highest BCUT2D eigenvalue weighted by Crippen LogP contribution is 2.27. The number of benzene rings is 2. The predicted octanol–water partition coefficient (Wildman–Crippen LogP) is 4.01. The van der Waals surface area contributed by atoms with Gasteiger partial charge in [-0.25, -0.2) is 9.18 Å². The number of aryl methyl sites for hydroxylation is 1. The monoisotopic (exact) mass is 352 g/mol. The zero-order chi connectivity index (χ0) is 15.6. The first-order chi connectivity index (χ1) is 9.92. The maximum absolute atomic E-state index is 14.0. The van der Waals surface area contributed by atoms with Gasteiger partial charge in [-0.3, -0.25) is 0 Å². The number of rotatable bonds is 3. The lowest BCUT2D eigenvalue weighted by Crippen LogP contribution is -2.07. The number of esters is 1. The topological polar surface area (TPSA) is 64.3 Å². The highest BCUT2D eigenvalue weighted by atomic mass is 79.9. The van der Waals surface area contributed by atoms with Crippen molar-refractivity contribution in [2.45, 2.75) is 6.92 Å². The molecule has 110 valence electrons. The van der Waals surface area contributed by atoms with E-state index in [0.29, 0.717) is 5.69 Å². The van der Waals surface area contributed by atoms with Crippen molar-refractivity contribution in [1.82, 2.24) is 0 Å². The molecule has 21 heavy (non-hydrogen) atoms. The Balaban J connectivity index is 2.39. The third-order valence-electron chi connectivity index (χ3n) is 2.98. The van der Waals surface area contributed by atoms with E-state index in [9.17, 15) is 9.18 Å². The normalized spacial score (nSPS) is 10.3. The van der Waals surface area contributed by atoms with Crippen LogP contribution < -0.4 is 11.1 Å². The summed E-state index contributed by atoms with van der Waals surface area (Å²) in [6.07, 6.45) is 0. The van der Waals surface area contributed by atoms with Crippen LogP contribution >= 0.6 is 15.9 Å². The van der Waals surface area contributed by atoms with Gasteiger partial charge >= 0.3 is 5.97 Å². The number of nitrogens with two attached hydrogens (primary N) is 1. The van der Waals surface area contributed by atoms with E-state index < -0.39 is 11.8 Å². The van der Waals surface area contributed by atoms with Crippen LogP contribution in [-0.4, -0.2) is 13.1 Å². The van der Waals surface area contributed by atoms with E-state index in [1.165, 1.54) is 13.2 Å². The zero-order valence-corrected chi connectivity index (χ0v) is 13.1. The van der Waals surface area contributed by atoms with Crippen molar-refractivity contribution in [3.63, 3.8) is 0 Å². The van der Waals surface area contributed by atoms with E-state index in [0.717, 1.165) is 16.1 Å². The van der Waals surface area contributed by atoms with Crippen molar-refractivity contribution in [3.8, 4) is 0 Å². The van der Waals surface area contributed by atoms with Crippen LogP contribution in [0.15, 0.2) is 34.8 Å². The number of halogens is 2. The fourth-order valence-electron chi connectivity index (χ4n) is 1.85. The Hall–Kier alpha value is -2.08. The molecule has 3 N–H and O–H groups in total. The molecule has 0 unspecified atom stereocenters. The quantitative estimate of drug-likeness (QED) is 0.647. The Morgan fingerprint density at radius 1 is 1.33 bits per heavy atom. The van der Waals surface area contributed by atoms with Crippen molar-refractivity contribution in [1.29, 1.82) is 0 Å². The van der Waals surface area contributed by atoms with Gasteiger partial charge in [0.15, 0.2) is 0 Å². The third kappa shape index (κ3) is 3.33. The summed E-state index contributed by atoms with van der Waals surface area (Å²) in [5.74, 6) is -1.15. The molecular formula is C15H14BrFN2O2. The number of hydrogen-bond acceptors (Lipinski definition) is 4. The summed E-state index contributed by atoms with van der Waals surface area (Å²) < 4.78 is 19.5. The summed E-state index contributed by atoms with van der Waals surface area (Å²) in [6.45, 7) is 1.93. The van der Waals surface area contributed by atoms with E-state index in [1.807, 2.05) is 19.1 Å². The summed E-state index contributed by atoms with van der Waals surface area (Å²) in [5, 5.41) is 2.93. The molecule has 0 aliphatic carbocycles. The minimum atomic E-state index is -0.609. The zero-order valence-electron chi connectivity index (χ0n) is 11.5. The van der Waals surface area contributed by atoms with Crippen LogP contribution in [0.5, 0.6) is 0 Å². The van der Waals surface area contributed by atoms with Gasteiger partial charge in [0.25, 0.3) is 0 Å². The van der Waals surface area contributed by atoms with E-state index >= 15 is 0 Å². The Labute approximate surface area is 130 Å². The average molecular weight is 353 g/mol. The second-order valence-corrected chi connectivity index (χ2v) is 5.35. The number of methoxy groups -OCH3 is 1. The lowest BCUT2D eigenvalue weighted by atomic mass is 10.1. The minimum absolute atomic E-state index is 0.0388. The Bertz CT molecular complexity index is 704. The van der Waals surface area contributed by atoms with Crippen LogP contribution in [0.3, 0.4) is 0 Å². The van der Waals surface area contributed by atoms with Gasteiger partial charge in [0.1, 0.15) is 5.82 Å². The first-order valence-corrected chi connectivity index (χ1v) is 6.92. The SMILES string of the molecule is COC(=O)c1cc(Nc2ccc(Br)c(C)c2)c(F)cc1N. The fourth-order valence-corrected chi connectivity index (χ4v) is 2.10. The summed E-state index contributed by atoms with van der Waals surface area (Å²) in [6, 6.07) is 7.95. The number of anilines is 3. The molecule has 0 bridgehead atoms. The van der Waals surface area contributed by atoms with E-state index in [2.05, 4.69) is 26.0 Å². The Morgan fingerprint density at radius 2 is 2.05 bits per heavy atom. The lowest BCUT2D eigenvalue weighted by Gasteiger charge is -2.12. The lowest BCUT2D eigenvalue weighted by molar-refractivity contribution is 0.0602. The van der Waals surface area contributed by atoms with Crippen molar-refractivity contribution in [2.75, 3.05) is 18.2 Å². The molecule has 0 atom stereocenters. The molecule has 0 heterocycles. The second-order valence-electron chi connectivity index (χ2n) is 4.50. The number of ether oxygens (including phenoxy) is 1.